The van der Waals surface area contributed by atoms with E-state index in [1.54, 1.807) is 18.2 Å². The fraction of sp³-hybridized carbons (Fsp3) is 0.261. The van der Waals surface area contributed by atoms with Gasteiger partial charge in [0.2, 0.25) is 5.91 Å². The summed E-state index contributed by atoms with van der Waals surface area (Å²) in [7, 11) is 1.21. The minimum atomic E-state index is -1.21. The van der Waals surface area contributed by atoms with Crippen LogP contribution in [0.25, 0.3) is 0 Å². The van der Waals surface area contributed by atoms with E-state index in [4.69, 9.17) is 21.1 Å². The van der Waals surface area contributed by atoms with E-state index in [-0.39, 0.29) is 5.57 Å². The highest BCUT2D eigenvalue weighted by atomic mass is 79.9. The summed E-state index contributed by atoms with van der Waals surface area (Å²) >= 11 is 11.1. The first-order valence-corrected chi connectivity index (χ1v) is 11.9. The monoisotopic (exact) mass is 534 g/mol. The standard InChI is InChI=1S/C23H20BrClN2O4S/c1-3-31-18-9-6-14(10-17(18)25)19-16(11-26)22(27-21(28)20(19)23(29)30-2)32-12-13-4-7-15(24)8-5-13/h4-10,19-20H,3,12H2,1-2H3,(H,27,28)/t19-,20+/m1/s1. The molecule has 0 bridgehead atoms. The Morgan fingerprint density at radius 3 is 2.59 bits per heavy atom. The number of benzene rings is 2. The van der Waals surface area contributed by atoms with Crippen LogP contribution in [0, 0.1) is 17.2 Å². The lowest BCUT2D eigenvalue weighted by atomic mass is 9.78. The molecule has 0 aromatic heterocycles. The summed E-state index contributed by atoms with van der Waals surface area (Å²) in [5, 5.41) is 13.5. The molecule has 2 aromatic carbocycles. The molecule has 0 unspecified atom stereocenters. The van der Waals surface area contributed by atoms with Crippen LogP contribution in [0.5, 0.6) is 5.75 Å². The number of hydrogen-bond donors (Lipinski definition) is 1. The van der Waals surface area contributed by atoms with E-state index >= 15 is 0 Å². The normalized spacial score (nSPS) is 18.0. The van der Waals surface area contributed by atoms with Gasteiger partial charge in [-0.1, -0.05) is 45.7 Å². The topological polar surface area (TPSA) is 88.4 Å². The molecule has 1 heterocycles. The molecule has 0 fully saturated rings. The van der Waals surface area contributed by atoms with Gasteiger partial charge in [0.15, 0.2) is 0 Å². The third-order valence-corrected chi connectivity index (χ3v) is 6.81. The molecule has 166 valence electrons. The van der Waals surface area contributed by atoms with Crippen LogP contribution in [-0.4, -0.2) is 25.6 Å². The van der Waals surface area contributed by atoms with Crippen molar-refractivity contribution in [3.05, 3.63) is 73.7 Å². The molecular weight excluding hydrogens is 516 g/mol. The number of esters is 1. The second-order valence-corrected chi connectivity index (χ2v) is 9.17. The number of hydrogen-bond acceptors (Lipinski definition) is 6. The van der Waals surface area contributed by atoms with Crippen LogP contribution in [0.3, 0.4) is 0 Å². The summed E-state index contributed by atoms with van der Waals surface area (Å²) < 4.78 is 11.3. The Hall–Kier alpha value is -2.47. The molecule has 0 aliphatic carbocycles. The molecule has 1 N–H and O–H groups in total. The van der Waals surface area contributed by atoms with Gasteiger partial charge < -0.3 is 14.8 Å². The zero-order valence-corrected chi connectivity index (χ0v) is 20.5. The lowest BCUT2D eigenvalue weighted by Gasteiger charge is -2.31. The Labute approximate surface area is 204 Å². The molecule has 0 saturated heterocycles. The summed E-state index contributed by atoms with van der Waals surface area (Å²) in [5.41, 5.74) is 1.86. The molecule has 1 aliphatic heterocycles. The zero-order valence-electron chi connectivity index (χ0n) is 17.4. The molecule has 1 amide bonds. The van der Waals surface area contributed by atoms with Crippen molar-refractivity contribution in [3.8, 4) is 11.8 Å². The first-order valence-electron chi connectivity index (χ1n) is 9.72. The molecule has 0 saturated carbocycles. The quantitative estimate of drug-likeness (QED) is 0.389. The molecule has 1 aliphatic rings. The highest BCUT2D eigenvalue weighted by molar-refractivity contribution is 9.10. The molecular formula is C23H20BrClN2O4S. The van der Waals surface area contributed by atoms with Crippen LogP contribution < -0.4 is 10.1 Å². The minimum Gasteiger partial charge on any atom is -0.492 e. The third kappa shape index (κ3) is 5.29. The maximum absolute atomic E-state index is 12.9. The van der Waals surface area contributed by atoms with Crippen LogP contribution >= 0.6 is 39.3 Å². The van der Waals surface area contributed by atoms with E-state index in [1.807, 2.05) is 31.2 Å². The van der Waals surface area contributed by atoms with Crippen molar-refractivity contribution in [3.63, 3.8) is 0 Å². The predicted molar refractivity (Wildman–Crippen MR) is 127 cm³/mol. The summed E-state index contributed by atoms with van der Waals surface area (Å²) in [6, 6.07) is 15.0. The van der Waals surface area contributed by atoms with Gasteiger partial charge in [0, 0.05) is 16.1 Å². The molecule has 6 nitrogen and oxygen atoms in total. The first kappa shape index (κ1) is 24.2. The SMILES string of the molecule is CCOc1ccc([C@@H]2C(C#N)=C(SCc3ccc(Br)cc3)NC(=O)[C@H]2C(=O)OC)cc1Cl. The highest BCUT2D eigenvalue weighted by Crippen LogP contribution is 2.42. The van der Waals surface area contributed by atoms with Gasteiger partial charge in [0.1, 0.15) is 11.7 Å². The van der Waals surface area contributed by atoms with Crippen molar-refractivity contribution in [2.75, 3.05) is 13.7 Å². The summed E-state index contributed by atoms with van der Waals surface area (Å²) in [6.07, 6.45) is 0. The zero-order chi connectivity index (χ0) is 23.3. The fourth-order valence-electron chi connectivity index (χ4n) is 3.40. The number of allylic oxidation sites excluding steroid dienone is 1. The highest BCUT2D eigenvalue weighted by Gasteiger charge is 2.44. The Morgan fingerprint density at radius 2 is 2.00 bits per heavy atom. The molecule has 3 rings (SSSR count). The van der Waals surface area contributed by atoms with E-state index in [0.717, 1.165) is 10.0 Å². The molecule has 2 aromatic rings. The number of carbonyl (C=O) groups excluding carboxylic acids is 2. The van der Waals surface area contributed by atoms with E-state index < -0.39 is 23.7 Å². The van der Waals surface area contributed by atoms with Gasteiger partial charge in [-0.3, -0.25) is 9.59 Å². The number of methoxy groups -OCH3 is 1. The van der Waals surface area contributed by atoms with E-state index in [0.29, 0.717) is 33.7 Å². The number of nitrogens with zero attached hydrogens (tertiary/aromatic N) is 1. The van der Waals surface area contributed by atoms with Crippen molar-refractivity contribution >= 4 is 51.2 Å². The Balaban J connectivity index is 2.03. The van der Waals surface area contributed by atoms with Gasteiger partial charge >= 0.3 is 5.97 Å². The number of halogens is 2. The lowest BCUT2D eigenvalue weighted by Crippen LogP contribution is -2.44. The Kier molecular flexibility index (Phi) is 8.24. The summed E-state index contributed by atoms with van der Waals surface area (Å²) in [5.74, 6) is -2.26. The third-order valence-electron chi connectivity index (χ3n) is 4.90. The number of nitrogens with one attached hydrogen (secondary N) is 1. The molecule has 0 spiro atoms. The number of rotatable bonds is 7. The van der Waals surface area contributed by atoms with Gasteiger partial charge in [0.05, 0.1) is 35.4 Å². The maximum Gasteiger partial charge on any atom is 0.319 e. The van der Waals surface area contributed by atoms with E-state index in [1.165, 1.54) is 18.9 Å². The Morgan fingerprint density at radius 1 is 1.28 bits per heavy atom. The largest absolute Gasteiger partial charge is 0.492 e. The van der Waals surface area contributed by atoms with Crippen molar-refractivity contribution in [1.29, 1.82) is 5.26 Å². The van der Waals surface area contributed by atoms with Crippen LogP contribution in [0.1, 0.15) is 24.0 Å². The number of amides is 1. The fourth-order valence-corrected chi connectivity index (χ4v) is 4.91. The minimum absolute atomic E-state index is 0.280. The smallest absolute Gasteiger partial charge is 0.319 e. The average molecular weight is 536 g/mol. The van der Waals surface area contributed by atoms with Crippen LogP contribution in [0.2, 0.25) is 5.02 Å². The number of carbonyl (C=O) groups is 2. The molecule has 9 heteroatoms. The van der Waals surface area contributed by atoms with E-state index in [2.05, 4.69) is 27.3 Å². The van der Waals surface area contributed by atoms with Crippen molar-refractivity contribution in [2.45, 2.75) is 18.6 Å². The number of nitriles is 1. The average Bonchev–Trinajstić information content (AvgIpc) is 2.79. The van der Waals surface area contributed by atoms with Gasteiger partial charge in [0.25, 0.3) is 0 Å². The lowest BCUT2D eigenvalue weighted by molar-refractivity contribution is -0.150. The first-order chi connectivity index (χ1) is 15.4. The summed E-state index contributed by atoms with van der Waals surface area (Å²) in [6.45, 7) is 2.28. The van der Waals surface area contributed by atoms with Crippen molar-refractivity contribution in [2.24, 2.45) is 5.92 Å². The van der Waals surface area contributed by atoms with Crippen molar-refractivity contribution in [1.82, 2.24) is 5.32 Å². The van der Waals surface area contributed by atoms with Gasteiger partial charge in [-0.25, -0.2) is 0 Å². The molecule has 2 atom stereocenters. The van der Waals surface area contributed by atoms with Crippen LogP contribution in [0.4, 0.5) is 0 Å². The van der Waals surface area contributed by atoms with Crippen LogP contribution in [0.15, 0.2) is 57.5 Å². The van der Waals surface area contributed by atoms with E-state index in [9.17, 15) is 14.9 Å². The summed E-state index contributed by atoms with van der Waals surface area (Å²) in [4.78, 5) is 25.4. The number of ether oxygens (including phenoxy) is 2. The van der Waals surface area contributed by atoms with Gasteiger partial charge in [-0.2, -0.15) is 5.26 Å². The number of thioether (sulfide) groups is 1. The van der Waals surface area contributed by atoms with Crippen molar-refractivity contribution < 1.29 is 19.1 Å². The van der Waals surface area contributed by atoms with Gasteiger partial charge in [-0.05, 0) is 42.3 Å². The van der Waals surface area contributed by atoms with Crippen LogP contribution in [-0.2, 0) is 20.1 Å². The second kappa shape index (κ2) is 10.9. The Bertz CT molecular complexity index is 1100. The molecule has 32 heavy (non-hydrogen) atoms. The van der Waals surface area contributed by atoms with Gasteiger partial charge in [-0.15, -0.1) is 11.8 Å². The maximum atomic E-state index is 12.9. The predicted octanol–water partition coefficient (Wildman–Crippen LogP) is 5.17. The molecule has 0 radical (unpaired) electrons. The second-order valence-electron chi connectivity index (χ2n) is 6.86.